The number of nitro benzene ring substituents is 1. The zero-order valence-electron chi connectivity index (χ0n) is 11.4. The van der Waals surface area contributed by atoms with Crippen molar-refractivity contribution >= 4 is 5.69 Å². The normalized spacial score (nSPS) is 14.1. The molecule has 2 aromatic rings. The maximum atomic E-state index is 14.1. The SMILES string of the molecule is O=[N+]([O-])c1cccc(-c2ccc(CNC3CC3)c(F)c2)c1. The molecule has 0 aromatic heterocycles. The van der Waals surface area contributed by atoms with Gasteiger partial charge in [-0.3, -0.25) is 10.1 Å². The number of hydrogen-bond acceptors (Lipinski definition) is 3. The van der Waals surface area contributed by atoms with Crippen LogP contribution < -0.4 is 5.32 Å². The maximum absolute atomic E-state index is 14.1. The Morgan fingerprint density at radius 1 is 1.19 bits per heavy atom. The van der Waals surface area contributed by atoms with Gasteiger partial charge in [0.05, 0.1) is 4.92 Å². The molecule has 1 aliphatic carbocycles. The molecule has 0 unspecified atom stereocenters. The monoisotopic (exact) mass is 286 g/mol. The van der Waals surface area contributed by atoms with Gasteiger partial charge < -0.3 is 5.32 Å². The second-order valence-corrected chi connectivity index (χ2v) is 5.27. The minimum Gasteiger partial charge on any atom is -0.310 e. The van der Waals surface area contributed by atoms with Crippen molar-refractivity contribution in [1.82, 2.24) is 5.32 Å². The molecule has 0 spiro atoms. The minimum atomic E-state index is -0.451. The molecule has 0 aliphatic heterocycles. The third-order valence-electron chi connectivity index (χ3n) is 3.60. The zero-order valence-corrected chi connectivity index (χ0v) is 11.4. The van der Waals surface area contributed by atoms with E-state index in [-0.39, 0.29) is 11.5 Å². The first-order chi connectivity index (χ1) is 10.1. The van der Waals surface area contributed by atoms with Gasteiger partial charge in [-0.1, -0.05) is 24.3 Å². The molecule has 108 valence electrons. The van der Waals surface area contributed by atoms with Gasteiger partial charge in [0.2, 0.25) is 0 Å². The molecule has 3 rings (SSSR count). The third-order valence-corrected chi connectivity index (χ3v) is 3.60. The van der Waals surface area contributed by atoms with Crippen LogP contribution in [0.4, 0.5) is 10.1 Å². The van der Waals surface area contributed by atoms with Crippen molar-refractivity contribution in [3.8, 4) is 11.1 Å². The van der Waals surface area contributed by atoms with Gasteiger partial charge in [-0.05, 0) is 30.0 Å². The van der Waals surface area contributed by atoms with Gasteiger partial charge in [-0.15, -0.1) is 0 Å². The summed E-state index contributed by atoms with van der Waals surface area (Å²) >= 11 is 0. The van der Waals surface area contributed by atoms with E-state index in [2.05, 4.69) is 5.32 Å². The van der Waals surface area contributed by atoms with Crippen molar-refractivity contribution in [2.24, 2.45) is 0 Å². The Labute approximate surface area is 121 Å². The molecule has 1 fully saturated rings. The third kappa shape index (κ3) is 3.25. The maximum Gasteiger partial charge on any atom is 0.270 e. The molecule has 0 amide bonds. The van der Waals surface area contributed by atoms with Crippen LogP contribution in [0, 0.1) is 15.9 Å². The van der Waals surface area contributed by atoms with Crippen molar-refractivity contribution < 1.29 is 9.31 Å². The van der Waals surface area contributed by atoms with Crippen LogP contribution >= 0.6 is 0 Å². The number of nitro groups is 1. The molecular weight excluding hydrogens is 271 g/mol. The first kappa shape index (κ1) is 13.7. The largest absolute Gasteiger partial charge is 0.310 e. The fourth-order valence-corrected chi connectivity index (χ4v) is 2.21. The van der Waals surface area contributed by atoms with Crippen LogP contribution in [0.1, 0.15) is 18.4 Å². The minimum absolute atomic E-state index is 0.00684. The van der Waals surface area contributed by atoms with E-state index in [0.717, 1.165) is 12.8 Å². The average molecular weight is 286 g/mol. The van der Waals surface area contributed by atoms with Crippen LogP contribution in [-0.2, 0) is 6.54 Å². The Kier molecular flexibility index (Phi) is 3.66. The Hall–Kier alpha value is -2.27. The number of non-ortho nitro benzene ring substituents is 1. The molecular formula is C16H15FN2O2. The van der Waals surface area contributed by atoms with Crippen LogP contribution in [0.5, 0.6) is 0 Å². The molecule has 0 atom stereocenters. The molecule has 1 N–H and O–H groups in total. The van der Waals surface area contributed by atoms with Crippen LogP contribution in [0.2, 0.25) is 0 Å². The smallest absolute Gasteiger partial charge is 0.270 e. The first-order valence-electron chi connectivity index (χ1n) is 6.90. The molecule has 0 saturated heterocycles. The van der Waals surface area contributed by atoms with Gasteiger partial charge in [-0.2, -0.15) is 0 Å². The molecule has 4 nitrogen and oxygen atoms in total. The predicted octanol–water partition coefficient (Wildman–Crippen LogP) is 3.65. The van der Waals surface area contributed by atoms with E-state index < -0.39 is 4.92 Å². The van der Waals surface area contributed by atoms with Gasteiger partial charge in [0, 0.05) is 30.3 Å². The van der Waals surface area contributed by atoms with Gasteiger partial charge >= 0.3 is 0 Å². The highest BCUT2D eigenvalue weighted by Gasteiger charge is 2.20. The number of nitrogens with one attached hydrogen (secondary N) is 1. The second-order valence-electron chi connectivity index (χ2n) is 5.27. The molecule has 21 heavy (non-hydrogen) atoms. The molecule has 1 aliphatic rings. The quantitative estimate of drug-likeness (QED) is 0.674. The summed E-state index contributed by atoms with van der Waals surface area (Å²) in [5.41, 5.74) is 1.92. The van der Waals surface area contributed by atoms with Crippen LogP contribution in [0.15, 0.2) is 42.5 Å². The fourth-order valence-electron chi connectivity index (χ4n) is 2.21. The first-order valence-corrected chi connectivity index (χ1v) is 6.90. The van der Waals surface area contributed by atoms with Gasteiger partial charge in [-0.25, -0.2) is 4.39 Å². The van der Waals surface area contributed by atoms with E-state index in [0.29, 0.717) is 29.3 Å². The number of benzene rings is 2. The van der Waals surface area contributed by atoms with Crippen molar-refractivity contribution in [1.29, 1.82) is 0 Å². The molecule has 5 heteroatoms. The Morgan fingerprint density at radius 3 is 2.62 bits per heavy atom. The summed E-state index contributed by atoms with van der Waals surface area (Å²) in [6, 6.07) is 11.7. The van der Waals surface area contributed by atoms with E-state index >= 15 is 0 Å². The van der Waals surface area contributed by atoms with Crippen molar-refractivity contribution in [3.63, 3.8) is 0 Å². The number of halogens is 1. The number of rotatable bonds is 5. The van der Waals surface area contributed by atoms with Gasteiger partial charge in [0.1, 0.15) is 5.82 Å². The van der Waals surface area contributed by atoms with Crippen LogP contribution in [-0.4, -0.2) is 11.0 Å². The van der Waals surface area contributed by atoms with E-state index in [1.807, 2.05) is 0 Å². The summed E-state index contributed by atoms with van der Waals surface area (Å²) in [6.07, 6.45) is 2.32. The molecule has 1 saturated carbocycles. The summed E-state index contributed by atoms with van der Waals surface area (Å²) < 4.78 is 14.1. The van der Waals surface area contributed by atoms with Gasteiger partial charge in [0.15, 0.2) is 0 Å². The lowest BCUT2D eigenvalue weighted by atomic mass is 10.0. The lowest BCUT2D eigenvalue weighted by Crippen LogP contribution is -2.16. The van der Waals surface area contributed by atoms with Crippen molar-refractivity contribution in [2.45, 2.75) is 25.4 Å². The van der Waals surface area contributed by atoms with E-state index in [1.165, 1.54) is 18.2 Å². The van der Waals surface area contributed by atoms with E-state index in [1.54, 1.807) is 24.3 Å². The number of hydrogen-bond donors (Lipinski definition) is 1. The molecule has 0 bridgehead atoms. The Bertz CT molecular complexity index is 684. The highest BCUT2D eigenvalue weighted by atomic mass is 19.1. The van der Waals surface area contributed by atoms with E-state index in [9.17, 15) is 14.5 Å². The lowest BCUT2D eigenvalue weighted by Gasteiger charge is -2.07. The molecule has 0 heterocycles. The average Bonchev–Trinajstić information content (AvgIpc) is 3.30. The topological polar surface area (TPSA) is 55.2 Å². The summed E-state index contributed by atoms with van der Waals surface area (Å²) in [5, 5.41) is 14.1. The standard InChI is InChI=1S/C16H15FN2O2/c17-16-9-12(4-5-13(16)10-18-14-6-7-14)11-2-1-3-15(8-11)19(20)21/h1-5,8-9,14,18H,6-7,10H2. The van der Waals surface area contributed by atoms with Crippen LogP contribution in [0.3, 0.4) is 0 Å². The van der Waals surface area contributed by atoms with Gasteiger partial charge in [0.25, 0.3) is 5.69 Å². The molecule has 2 aromatic carbocycles. The number of nitrogens with zero attached hydrogens (tertiary/aromatic N) is 1. The Balaban J connectivity index is 1.83. The van der Waals surface area contributed by atoms with Crippen molar-refractivity contribution in [2.75, 3.05) is 0 Å². The fraction of sp³-hybridized carbons (Fsp3) is 0.250. The summed E-state index contributed by atoms with van der Waals surface area (Å²) in [4.78, 5) is 10.3. The van der Waals surface area contributed by atoms with Crippen molar-refractivity contribution in [3.05, 3.63) is 64.0 Å². The summed E-state index contributed by atoms with van der Waals surface area (Å²) in [6.45, 7) is 0.520. The predicted molar refractivity (Wildman–Crippen MR) is 78.4 cm³/mol. The highest BCUT2D eigenvalue weighted by Crippen LogP contribution is 2.26. The molecule has 0 radical (unpaired) electrons. The van der Waals surface area contributed by atoms with Crippen LogP contribution in [0.25, 0.3) is 11.1 Å². The second kappa shape index (κ2) is 5.61. The Morgan fingerprint density at radius 2 is 1.95 bits per heavy atom. The zero-order chi connectivity index (χ0) is 14.8. The van der Waals surface area contributed by atoms with E-state index in [4.69, 9.17) is 0 Å². The summed E-state index contributed by atoms with van der Waals surface area (Å²) in [7, 11) is 0. The lowest BCUT2D eigenvalue weighted by molar-refractivity contribution is -0.384. The summed E-state index contributed by atoms with van der Waals surface area (Å²) in [5.74, 6) is -0.285. The highest BCUT2D eigenvalue weighted by molar-refractivity contribution is 5.66.